The first-order valence-electron chi connectivity index (χ1n) is 9.54. The highest BCUT2D eigenvalue weighted by molar-refractivity contribution is 7.96. The van der Waals surface area contributed by atoms with Gasteiger partial charge in [0.25, 0.3) is 0 Å². The monoisotopic (exact) mass is 399 g/mol. The lowest BCUT2D eigenvalue weighted by molar-refractivity contribution is 0.102. The van der Waals surface area contributed by atoms with E-state index >= 15 is 0 Å². The highest BCUT2D eigenvalue weighted by Gasteiger charge is 2.47. The van der Waals surface area contributed by atoms with Crippen molar-refractivity contribution in [3.05, 3.63) is 127 Å². The summed E-state index contributed by atoms with van der Waals surface area (Å²) in [4.78, 5) is 13.4. The van der Waals surface area contributed by atoms with Gasteiger partial charge >= 0.3 is 0 Å². The average molecular weight is 399 g/mol. The van der Waals surface area contributed by atoms with Crippen LogP contribution < -0.4 is 15.9 Å². The number of halogens is 1. The molecule has 0 N–H and O–H groups in total. The van der Waals surface area contributed by atoms with E-state index in [1.54, 1.807) is 12.1 Å². The van der Waals surface area contributed by atoms with Gasteiger partial charge in [-0.2, -0.15) is 0 Å². The number of ketones is 1. The maximum absolute atomic E-state index is 13.4. The van der Waals surface area contributed by atoms with E-state index < -0.39 is 7.26 Å². The predicted molar refractivity (Wildman–Crippen MR) is 121 cm³/mol. The highest BCUT2D eigenvalue weighted by Crippen LogP contribution is 2.55. The zero-order valence-corrected chi connectivity index (χ0v) is 16.8. The van der Waals surface area contributed by atoms with Crippen LogP contribution in [0.5, 0.6) is 0 Å². The van der Waals surface area contributed by atoms with Crippen LogP contribution in [0.25, 0.3) is 0 Å². The number of rotatable bonds is 6. The van der Waals surface area contributed by atoms with Gasteiger partial charge in [0.2, 0.25) is 5.78 Å². The Morgan fingerprint density at radius 3 is 1.34 bits per heavy atom. The Balaban J connectivity index is 1.92. The maximum atomic E-state index is 13.4. The highest BCUT2D eigenvalue weighted by atomic mass is 31.2. The summed E-state index contributed by atoms with van der Waals surface area (Å²) in [5, 5.41) is 3.48. The summed E-state index contributed by atoms with van der Waals surface area (Å²) in [6, 6.07) is 36.7. The molecule has 29 heavy (non-hydrogen) atoms. The number of Topliss-reactive ketones (excluding diaryl/α,β-unsaturated/α-hetero) is 1. The van der Waals surface area contributed by atoms with Crippen molar-refractivity contribution in [1.29, 1.82) is 0 Å². The lowest BCUT2D eigenvalue weighted by atomic mass is 10.1. The molecule has 0 saturated heterocycles. The predicted octanol–water partition coefficient (Wildman–Crippen LogP) is 5.00. The van der Waals surface area contributed by atoms with Crippen LogP contribution in [0.4, 0.5) is 4.39 Å². The van der Waals surface area contributed by atoms with Gasteiger partial charge in [0.15, 0.2) is 0 Å². The molecule has 4 aromatic rings. The van der Waals surface area contributed by atoms with Crippen molar-refractivity contribution in [3.8, 4) is 0 Å². The summed E-state index contributed by atoms with van der Waals surface area (Å²) < 4.78 is 13.4. The molecule has 0 aliphatic rings. The molecule has 3 heteroatoms. The van der Waals surface area contributed by atoms with Gasteiger partial charge in [-0.25, -0.2) is 4.39 Å². The first-order valence-corrected chi connectivity index (χ1v) is 11.5. The molecule has 0 fully saturated rings. The largest absolute Gasteiger partial charge is 0.290 e. The molecule has 142 valence electrons. The van der Waals surface area contributed by atoms with E-state index in [1.165, 1.54) is 12.1 Å². The molecule has 4 rings (SSSR count). The van der Waals surface area contributed by atoms with Crippen LogP contribution >= 0.6 is 7.26 Å². The van der Waals surface area contributed by atoms with Gasteiger partial charge < -0.3 is 0 Å². The van der Waals surface area contributed by atoms with Crippen molar-refractivity contribution in [1.82, 2.24) is 0 Å². The van der Waals surface area contributed by atoms with Crippen molar-refractivity contribution in [2.24, 2.45) is 0 Å². The molecular weight excluding hydrogens is 378 g/mol. The molecule has 0 heterocycles. The van der Waals surface area contributed by atoms with Crippen molar-refractivity contribution < 1.29 is 9.18 Å². The lowest BCUT2D eigenvalue weighted by Crippen LogP contribution is -2.35. The van der Waals surface area contributed by atoms with Gasteiger partial charge in [-0.15, -0.1) is 0 Å². The molecule has 0 aromatic heterocycles. The average Bonchev–Trinajstić information content (AvgIpc) is 2.79. The van der Waals surface area contributed by atoms with Crippen LogP contribution in [0.15, 0.2) is 115 Å². The van der Waals surface area contributed by atoms with Gasteiger partial charge in [0, 0.05) is 5.56 Å². The molecule has 0 amide bonds. The maximum Gasteiger partial charge on any atom is 0.201 e. The van der Waals surface area contributed by atoms with Crippen LogP contribution in [0, 0.1) is 5.82 Å². The molecule has 0 aliphatic heterocycles. The fraction of sp³-hybridized carbons (Fsp3) is 0.0385. The van der Waals surface area contributed by atoms with Gasteiger partial charge in [-0.3, -0.25) is 4.79 Å². The van der Waals surface area contributed by atoms with E-state index in [2.05, 4.69) is 36.4 Å². The molecule has 0 aliphatic carbocycles. The lowest BCUT2D eigenvalue weighted by Gasteiger charge is -2.27. The number of hydrogen-bond acceptors (Lipinski definition) is 1. The van der Waals surface area contributed by atoms with Crippen LogP contribution in [0.3, 0.4) is 0 Å². The minimum atomic E-state index is -2.23. The molecule has 0 atom stereocenters. The molecule has 0 radical (unpaired) electrons. The van der Waals surface area contributed by atoms with Gasteiger partial charge in [-0.05, 0) is 60.7 Å². The number of hydrogen-bond donors (Lipinski definition) is 0. The van der Waals surface area contributed by atoms with Crippen LogP contribution in [0.2, 0.25) is 0 Å². The number of benzene rings is 4. The molecule has 0 unspecified atom stereocenters. The summed E-state index contributed by atoms with van der Waals surface area (Å²) in [6.07, 6.45) is 0.358. The Hall–Kier alpha value is -3.09. The standard InChI is InChI=1S/C26H21FOP/c27-22-18-16-21(17-19-22)26(28)20-29(23-10-4-1-5-11-23,24-12-6-2-7-13-24)25-14-8-3-9-15-25/h1-19H,20H2/q+1. The second kappa shape index (κ2) is 8.51. The first-order chi connectivity index (χ1) is 14.2. The van der Waals surface area contributed by atoms with Crippen molar-refractivity contribution in [2.45, 2.75) is 0 Å². The summed E-state index contributed by atoms with van der Waals surface area (Å²) in [5.74, 6) is -0.313. The normalized spacial score (nSPS) is 11.2. The number of carbonyl (C=O) groups is 1. The van der Waals surface area contributed by atoms with Crippen molar-refractivity contribution in [2.75, 3.05) is 6.16 Å². The number of carbonyl (C=O) groups excluding carboxylic acids is 1. The molecule has 4 aromatic carbocycles. The van der Waals surface area contributed by atoms with E-state index in [9.17, 15) is 9.18 Å². The Labute approximate surface area is 171 Å². The minimum absolute atomic E-state index is 0.0230. The van der Waals surface area contributed by atoms with E-state index in [0.717, 1.165) is 15.9 Å². The summed E-state index contributed by atoms with van der Waals surface area (Å²) in [7, 11) is -2.23. The van der Waals surface area contributed by atoms with Crippen LogP contribution in [0.1, 0.15) is 10.4 Å². The summed E-state index contributed by atoms with van der Waals surface area (Å²) in [5.41, 5.74) is 0.540. The van der Waals surface area contributed by atoms with Crippen molar-refractivity contribution >= 4 is 29.0 Å². The Morgan fingerprint density at radius 2 is 0.966 bits per heavy atom. The zero-order valence-electron chi connectivity index (χ0n) is 15.9. The van der Waals surface area contributed by atoms with Gasteiger partial charge in [0.05, 0.1) is 0 Å². The SMILES string of the molecule is O=C(C[P+](c1ccccc1)(c1ccccc1)c1ccccc1)c1ccc(F)cc1. The second-order valence-electron chi connectivity index (χ2n) is 6.90. The molecule has 0 saturated carbocycles. The third-order valence-electron chi connectivity index (χ3n) is 5.14. The fourth-order valence-corrected chi connectivity index (χ4v) is 7.81. The molecule has 0 bridgehead atoms. The second-order valence-corrected chi connectivity index (χ2v) is 10.4. The Morgan fingerprint density at radius 1 is 0.586 bits per heavy atom. The Bertz CT molecular complexity index is 981. The molecule has 1 nitrogen and oxygen atoms in total. The van der Waals surface area contributed by atoms with E-state index in [4.69, 9.17) is 0 Å². The zero-order chi connectivity index (χ0) is 20.1. The van der Waals surface area contributed by atoms with Gasteiger partial charge in [0.1, 0.15) is 35.2 Å². The van der Waals surface area contributed by atoms with E-state index in [0.29, 0.717) is 11.7 Å². The summed E-state index contributed by atoms with van der Waals surface area (Å²) >= 11 is 0. The van der Waals surface area contributed by atoms with Crippen LogP contribution in [-0.2, 0) is 0 Å². The van der Waals surface area contributed by atoms with Crippen LogP contribution in [-0.4, -0.2) is 11.9 Å². The smallest absolute Gasteiger partial charge is 0.201 e. The fourth-order valence-electron chi connectivity index (χ4n) is 3.71. The van der Waals surface area contributed by atoms with Gasteiger partial charge in [-0.1, -0.05) is 54.6 Å². The topological polar surface area (TPSA) is 17.1 Å². The third-order valence-corrected chi connectivity index (χ3v) is 9.44. The van der Waals surface area contributed by atoms with E-state index in [-0.39, 0.29) is 11.6 Å². The third kappa shape index (κ3) is 3.90. The molecular formula is C26H21FOP+. The molecule has 0 spiro atoms. The Kier molecular flexibility index (Phi) is 5.64. The quantitative estimate of drug-likeness (QED) is 0.329. The van der Waals surface area contributed by atoms with Crippen molar-refractivity contribution in [3.63, 3.8) is 0 Å². The first kappa shape index (κ1) is 19.2. The summed E-state index contributed by atoms with van der Waals surface area (Å²) in [6.45, 7) is 0. The minimum Gasteiger partial charge on any atom is -0.290 e. The van der Waals surface area contributed by atoms with E-state index in [1.807, 2.05) is 54.6 Å².